The van der Waals surface area contributed by atoms with E-state index >= 15 is 0 Å². The van der Waals surface area contributed by atoms with Gasteiger partial charge in [-0.15, -0.1) is 0 Å². The molecule has 0 rings (SSSR count). The van der Waals surface area contributed by atoms with E-state index in [1.54, 1.807) is 13.8 Å². The number of primary amides is 1. The second-order valence-electron chi connectivity index (χ2n) is 4.28. The van der Waals surface area contributed by atoms with E-state index in [0.717, 1.165) is 0 Å². The Morgan fingerprint density at radius 3 is 2.27 bits per heavy atom. The number of nitrogens with two attached hydrogens (primary N) is 2. The van der Waals surface area contributed by atoms with E-state index in [-0.39, 0.29) is 13.0 Å². The molecule has 0 spiro atoms. The molecule has 1 unspecified atom stereocenters. The van der Waals surface area contributed by atoms with Gasteiger partial charge in [0.25, 0.3) is 0 Å². The molecule has 0 aromatic carbocycles. The van der Waals surface area contributed by atoms with Crippen molar-refractivity contribution in [2.24, 2.45) is 11.5 Å². The lowest BCUT2D eigenvalue weighted by Gasteiger charge is -2.27. The lowest BCUT2D eigenvalue weighted by Crippen LogP contribution is -2.48. The van der Waals surface area contributed by atoms with Gasteiger partial charge < -0.3 is 21.5 Å². The Morgan fingerprint density at radius 1 is 1.47 bits per heavy atom. The quantitative estimate of drug-likeness (QED) is 0.516. The van der Waals surface area contributed by atoms with Crippen LogP contribution >= 0.6 is 0 Å². The molecule has 0 aliphatic heterocycles. The number of amides is 2. The predicted octanol–water partition coefficient (Wildman–Crippen LogP) is -1.58. The number of hydrogen-bond acceptors (Lipinski definition) is 4. The van der Waals surface area contributed by atoms with Gasteiger partial charge in [-0.25, -0.2) is 0 Å². The first kappa shape index (κ1) is 13.9. The summed E-state index contributed by atoms with van der Waals surface area (Å²) in [6.45, 7) is 3.31. The molecule has 88 valence electrons. The first-order valence-corrected chi connectivity index (χ1v) is 4.64. The van der Waals surface area contributed by atoms with Crippen LogP contribution in [-0.4, -0.2) is 47.1 Å². The number of rotatable bonds is 5. The van der Waals surface area contributed by atoms with Crippen LogP contribution in [0.1, 0.15) is 20.3 Å². The third kappa shape index (κ3) is 6.03. The molecule has 0 saturated heterocycles. The summed E-state index contributed by atoms with van der Waals surface area (Å²) in [5, 5.41) is 9.47. The van der Waals surface area contributed by atoms with Crippen LogP contribution in [0.15, 0.2) is 0 Å². The normalized spacial score (nSPS) is 13.4. The van der Waals surface area contributed by atoms with Gasteiger partial charge in [0.15, 0.2) is 0 Å². The second kappa shape index (κ2) is 5.09. The first-order chi connectivity index (χ1) is 6.63. The second-order valence-corrected chi connectivity index (χ2v) is 4.28. The smallest absolute Gasteiger partial charge is 0.239 e. The highest BCUT2D eigenvalue weighted by atomic mass is 16.3. The summed E-state index contributed by atoms with van der Waals surface area (Å²) in [6, 6.07) is -0.935. The Morgan fingerprint density at radius 2 is 1.93 bits per heavy atom. The molecule has 6 nitrogen and oxygen atoms in total. The molecular formula is C9H19N3O3. The SMILES string of the molecule is CN(CC(C)(C)O)C(=O)C(N)CC(N)=O. The zero-order valence-electron chi connectivity index (χ0n) is 9.36. The van der Waals surface area contributed by atoms with Gasteiger partial charge in [0.05, 0.1) is 18.1 Å². The molecule has 0 saturated carbocycles. The summed E-state index contributed by atoms with van der Waals surface area (Å²) < 4.78 is 0. The fourth-order valence-electron chi connectivity index (χ4n) is 1.25. The van der Waals surface area contributed by atoms with Gasteiger partial charge in [-0.3, -0.25) is 9.59 Å². The summed E-state index contributed by atoms with van der Waals surface area (Å²) in [5.74, 6) is -1.02. The standard InChI is InChI=1S/C9H19N3O3/c1-9(2,15)5-12(3)8(14)6(10)4-7(11)13/h6,15H,4-5,10H2,1-3H3,(H2,11,13). The molecule has 0 radical (unpaired) electrons. The van der Waals surface area contributed by atoms with Crippen molar-refractivity contribution in [1.82, 2.24) is 4.90 Å². The van der Waals surface area contributed by atoms with E-state index < -0.39 is 23.5 Å². The van der Waals surface area contributed by atoms with Gasteiger partial charge >= 0.3 is 0 Å². The van der Waals surface area contributed by atoms with Gasteiger partial charge in [0.2, 0.25) is 11.8 Å². The highest BCUT2D eigenvalue weighted by Crippen LogP contribution is 2.04. The van der Waals surface area contributed by atoms with Crippen molar-refractivity contribution in [3.05, 3.63) is 0 Å². The van der Waals surface area contributed by atoms with Crippen LogP contribution in [0, 0.1) is 0 Å². The fourth-order valence-corrected chi connectivity index (χ4v) is 1.25. The Labute approximate surface area is 89.2 Å². The van der Waals surface area contributed by atoms with Crippen LogP contribution in [0.5, 0.6) is 0 Å². The average molecular weight is 217 g/mol. The molecular weight excluding hydrogens is 198 g/mol. The van der Waals surface area contributed by atoms with Crippen molar-refractivity contribution in [1.29, 1.82) is 0 Å². The van der Waals surface area contributed by atoms with Crippen molar-refractivity contribution < 1.29 is 14.7 Å². The molecule has 15 heavy (non-hydrogen) atoms. The molecule has 0 fully saturated rings. The van der Waals surface area contributed by atoms with Crippen LogP contribution in [-0.2, 0) is 9.59 Å². The molecule has 0 bridgehead atoms. The minimum absolute atomic E-state index is 0.151. The highest BCUT2D eigenvalue weighted by Gasteiger charge is 2.24. The topological polar surface area (TPSA) is 110 Å². The van der Waals surface area contributed by atoms with Gasteiger partial charge in [-0.2, -0.15) is 0 Å². The van der Waals surface area contributed by atoms with Crippen LogP contribution in [0.2, 0.25) is 0 Å². The van der Waals surface area contributed by atoms with E-state index in [4.69, 9.17) is 11.5 Å². The molecule has 1 atom stereocenters. The van der Waals surface area contributed by atoms with E-state index in [2.05, 4.69) is 0 Å². The number of likely N-dealkylation sites (N-methyl/N-ethyl adjacent to an activating group) is 1. The zero-order valence-corrected chi connectivity index (χ0v) is 9.36. The summed E-state index contributed by atoms with van der Waals surface area (Å²) in [6.07, 6.45) is -0.185. The molecule has 0 aromatic heterocycles. The molecule has 0 aromatic rings. The van der Waals surface area contributed by atoms with Crippen LogP contribution in [0.4, 0.5) is 0 Å². The third-order valence-electron chi connectivity index (χ3n) is 1.74. The molecule has 6 heteroatoms. The molecule has 0 aliphatic carbocycles. The van der Waals surface area contributed by atoms with Gasteiger partial charge in [0, 0.05) is 13.6 Å². The van der Waals surface area contributed by atoms with Crippen LogP contribution in [0.25, 0.3) is 0 Å². The number of carbonyl (C=O) groups excluding carboxylic acids is 2. The summed E-state index contributed by atoms with van der Waals surface area (Å²) >= 11 is 0. The Hall–Kier alpha value is -1.14. The summed E-state index contributed by atoms with van der Waals surface area (Å²) in [5.41, 5.74) is 9.39. The Balaban J connectivity index is 4.26. The maximum Gasteiger partial charge on any atom is 0.239 e. The fraction of sp³-hybridized carbons (Fsp3) is 0.778. The minimum Gasteiger partial charge on any atom is -0.389 e. The van der Waals surface area contributed by atoms with Crippen molar-refractivity contribution in [2.75, 3.05) is 13.6 Å². The number of nitrogens with zero attached hydrogens (tertiary/aromatic N) is 1. The lowest BCUT2D eigenvalue weighted by molar-refractivity contribution is -0.135. The number of aliphatic hydroxyl groups is 1. The van der Waals surface area contributed by atoms with Gasteiger partial charge in [-0.05, 0) is 13.8 Å². The lowest BCUT2D eigenvalue weighted by atomic mass is 10.1. The predicted molar refractivity (Wildman–Crippen MR) is 55.7 cm³/mol. The summed E-state index contributed by atoms with van der Waals surface area (Å²) in [7, 11) is 1.52. The first-order valence-electron chi connectivity index (χ1n) is 4.64. The Kier molecular flexibility index (Phi) is 4.70. The number of carbonyl (C=O) groups is 2. The van der Waals surface area contributed by atoms with Crippen molar-refractivity contribution in [3.8, 4) is 0 Å². The van der Waals surface area contributed by atoms with Crippen molar-refractivity contribution in [3.63, 3.8) is 0 Å². The third-order valence-corrected chi connectivity index (χ3v) is 1.74. The van der Waals surface area contributed by atoms with Crippen molar-refractivity contribution in [2.45, 2.75) is 31.9 Å². The number of hydrogen-bond donors (Lipinski definition) is 3. The maximum atomic E-state index is 11.5. The maximum absolute atomic E-state index is 11.5. The van der Waals surface area contributed by atoms with Gasteiger partial charge in [-0.1, -0.05) is 0 Å². The monoisotopic (exact) mass is 217 g/mol. The molecule has 2 amide bonds. The van der Waals surface area contributed by atoms with Crippen LogP contribution in [0.3, 0.4) is 0 Å². The van der Waals surface area contributed by atoms with Gasteiger partial charge in [0.1, 0.15) is 0 Å². The van der Waals surface area contributed by atoms with Crippen molar-refractivity contribution >= 4 is 11.8 Å². The largest absolute Gasteiger partial charge is 0.389 e. The van der Waals surface area contributed by atoms with E-state index in [9.17, 15) is 14.7 Å². The molecule has 0 heterocycles. The Bertz CT molecular complexity index is 247. The van der Waals surface area contributed by atoms with E-state index in [1.165, 1.54) is 11.9 Å². The van der Waals surface area contributed by atoms with Crippen LogP contribution < -0.4 is 11.5 Å². The van der Waals surface area contributed by atoms with E-state index in [0.29, 0.717) is 0 Å². The zero-order chi connectivity index (χ0) is 12.2. The average Bonchev–Trinajstić information content (AvgIpc) is 1.98. The highest BCUT2D eigenvalue weighted by molar-refractivity contribution is 5.87. The minimum atomic E-state index is -0.989. The molecule has 5 N–H and O–H groups in total. The van der Waals surface area contributed by atoms with E-state index in [1.807, 2.05) is 0 Å². The summed E-state index contributed by atoms with van der Waals surface area (Å²) in [4.78, 5) is 23.4. The molecule has 0 aliphatic rings.